The largest absolute Gasteiger partial charge is 0.418 e. The Kier molecular flexibility index (Phi) is 5.63. The van der Waals surface area contributed by atoms with Gasteiger partial charge in [0.05, 0.1) is 0 Å². The average molecular weight is 288 g/mol. The van der Waals surface area contributed by atoms with Crippen molar-refractivity contribution in [1.29, 1.82) is 0 Å². The Morgan fingerprint density at radius 3 is 2.00 bits per heavy atom. The van der Waals surface area contributed by atoms with Gasteiger partial charge in [0.1, 0.15) is 0 Å². The van der Waals surface area contributed by atoms with Crippen molar-refractivity contribution in [1.82, 2.24) is 0 Å². The van der Waals surface area contributed by atoms with E-state index in [4.69, 9.17) is 0 Å². The van der Waals surface area contributed by atoms with Crippen LogP contribution in [0.15, 0.2) is 18.2 Å². The molecule has 0 radical (unpaired) electrons. The zero-order valence-corrected chi connectivity index (χ0v) is 12.5. The zero-order valence-electron chi connectivity index (χ0n) is 12.5. The van der Waals surface area contributed by atoms with Gasteiger partial charge >= 0.3 is 6.18 Å². The zero-order chi connectivity index (χ0) is 15.5. The van der Waals surface area contributed by atoms with Gasteiger partial charge in [-0.2, -0.15) is 13.2 Å². The van der Waals surface area contributed by atoms with E-state index in [1.165, 1.54) is 6.07 Å². The lowest BCUT2D eigenvalue weighted by molar-refractivity contribution is -0.207. The fraction of sp³-hybridized carbons (Fsp3) is 0.625. The minimum atomic E-state index is -4.62. The van der Waals surface area contributed by atoms with Gasteiger partial charge in [-0.3, -0.25) is 0 Å². The molecule has 0 aliphatic carbocycles. The lowest BCUT2D eigenvalue weighted by Crippen LogP contribution is -2.22. The van der Waals surface area contributed by atoms with Crippen molar-refractivity contribution >= 4 is 0 Å². The number of hydrogen-bond acceptors (Lipinski definition) is 1. The van der Waals surface area contributed by atoms with Gasteiger partial charge in [0, 0.05) is 0 Å². The molecule has 4 heteroatoms. The van der Waals surface area contributed by atoms with Gasteiger partial charge in [-0.15, -0.1) is 0 Å². The maximum atomic E-state index is 12.8. The highest BCUT2D eigenvalue weighted by Crippen LogP contribution is 2.35. The Labute approximate surface area is 118 Å². The third-order valence-electron chi connectivity index (χ3n) is 3.09. The molecule has 0 amide bonds. The minimum absolute atomic E-state index is 0.00403. The highest BCUT2D eigenvalue weighted by atomic mass is 19.4. The van der Waals surface area contributed by atoms with Gasteiger partial charge < -0.3 is 5.11 Å². The number of aliphatic hydroxyl groups excluding tert-OH is 1. The maximum Gasteiger partial charge on any atom is 0.418 e. The van der Waals surface area contributed by atoms with E-state index < -0.39 is 12.3 Å². The Hall–Kier alpha value is -1.03. The van der Waals surface area contributed by atoms with Crippen LogP contribution < -0.4 is 0 Å². The molecule has 0 fully saturated rings. The van der Waals surface area contributed by atoms with Gasteiger partial charge in [0.2, 0.25) is 0 Å². The Morgan fingerprint density at radius 2 is 1.55 bits per heavy atom. The van der Waals surface area contributed by atoms with Crippen LogP contribution in [0.5, 0.6) is 0 Å². The fourth-order valence-corrected chi connectivity index (χ4v) is 2.30. The molecule has 0 bridgehead atoms. The molecule has 1 aromatic rings. The molecule has 0 heterocycles. The topological polar surface area (TPSA) is 20.2 Å². The third-order valence-corrected chi connectivity index (χ3v) is 3.09. The summed E-state index contributed by atoms with van der Waals surface area (Å²) in [6.07, 6.45) is -5.78. The van der Waals surface area contributed by atoms with Gasteiger partial charge in [-0.05, 0) is 41.4 Å². The summed E-state index contributed by atoms with van der Waals surface area (Å²) in [6, 6.07) is 5.10. The van der Waals surface area contributed by atoms with Gasteiger partial charge in [0.15, 0.2) is 6.10 Å². The highest BCUT2D eigenvalue weighted by Gasteiger charge is 2.40. The van der Waals surface area contributed by atoms with Crippen molar-refractivity contribution in [3.63, 3.8) is 0 Å². The van der Waals surface area contributed by atoms with E-state index in [1.807, 2.05) is 33.8 Å². The van der Waals surface area contributed by atoms with E-state index in [1.54, 1.807) is 6.07 Å². The van der Waals surface area contributed by atoms with E-state index >= 15 is 0 Å². The van der Waals surface area contributed by atoms with Gasteiger partial charge in [0.25, 0.3) is 0 Å². The first-order valence-electron chi connectivity index (χ1n) is 6.97. The van der Waals surface area contributed by atoms with E-state index in [9.17, 15) is 18.3 Å². The molecule has 0 saturated heterocycles. The Bertz CT molecular complexity index is 436. The van der Waals surface area contributed by atoms with E-state index in [0.717, 1.165) is 5.56 Å². The summed E-state index contributed by atoms with van der Waals surface area (Å²) in [6.45, 7) is 7.93. The molecule has 1 rings (SSSR count). The molecule has 1 unspecified atom stereocenters. The second kappa shape index (κ2) is 6.61. The molecule has 0 aliphatic heterocycles. The van der Waals surface area contributed by atoms with Crippen LogP contribution in [0.25, 0.3) is 0 Å². The Balaban J connectivity index is 3.18. The molecular weight excluding hydrogens is 265 g/mol. The van der Waals surface area contributed by atoms with Crippen molar-refractivity contribution in [2.45, 2.75) is 52.8 Å². The van der Waals surface area contributed by atoms with E-state index in [-0.39, 0.29) is 11.5 Å². The molecule has 0 saturated carbocycles. The number of hydrogen-bond donors (Lipinski definition) is 1. The molecule has 1 nitrogen and oxygen atoms in total. The van der Waals surface area contributed by atoms with Gasteiger partial charge in [-0.25, -0.2) is 0 Å². The molecule has 0 spiro atoms. The molecule has 114 valence electrons. The van der Waals surface area contributed by atoms with Crippen molar-refractivity contribution in [3.05, 3.63) is 34.9 Å². The number of rotatable bonds is 5. The van der Waals surface area contributed by atoms with Crippen molar-refractivity contribution in [2.75, 3.05) is 0 Å². The molecule has 0 aromatic heterocycles. The summed E-state index contributed by atoms with van der Waals surface area (Å²) in [7, 11) is 0. The number of halogens is 3. The maximum absolute atomic E-state index is 12.8. The van der Waals surface area contributed by atoms with Crippen molar-refractivity contribution < 1.29 is 18.3 Å². The summed E-state index contributed by atoms with van der Waals surface area (Å²) in [5, 5.41) is 9.58. The fourth-order valence-electron chi connectivity index (χ4n) is 2.30. The third kappa shape index (κ3) is 4.82. The molecular formula is C16H23F3O. The smallest absolute Gasteiger partial charge is 0.379 e. The van der Waals surface area contributed by atoms with Crippen LogP contribution in [-0.4, -0.2) is 11.3 Å². The summed E-state index contributed by atoms with van der Waals surface area (Å²) >= 11 is 0. The van der Waals surface area contributed by atoms with Crippen LogP contribution in [0.4, 0.5) is 13.2 Å². The predicted molar refractivity (Wildman–Crippen MR) is 74.5 cm³/mol. The minimum Gasteiger partial charge on any atom is -0.379 e. The quantitative estimate of drug-likeness (QED) is 0.834. The summed E-state index contributed by atoms with van der Waals surface area (Å²) < 4.78 is 38.4. The second-order valence-corrected chi connectivity index (χ2v) is 6.17. The summed E-state index contributed by atoms with van der Waals surface area (Å²) in [4.78, 5) is 0. The molecule has 0 aliphatic rings. The molecule has 1 aromatic carbocycles. The molecule has 20 heavy (non-hydrogen) atoms. The van der Waals surface area contributed by atoms with Crippen molar-refractivity contribution in [3.8, 4) is 0 Å². The number of aliphatic hydroxyl groups is 1. The van der Waals surface area contributed by atoms with Crippen LogP contribution in [0, 0.1) is 11.8 Å². The predicted octanol–water partition coefficient (Wildman–Crippen LogP) is 4.68. The SMILES string of the molecule is CC(C)Cc1ccc(CC(C)C)c(C(O)C(F)(F)F)c1. The monoisotopic (exact) mass is 288 g/mol. The first-order chi connectivity index (χ1) is 9.11. The molecule has 1 N–H and O–H groups in total. The van der Waals surface area contributed by atoms with Crippen LogP contribution in [0.3, 0.4) is 0 Å². The first kappa shape index (κ1) is 17.0. The van der Waals surface area contributed by atoms with E-state index in [0.29, 0.717) is 24.3 Å². The van der Waals surface area contributed by atoms with Crippen LogP contribution in [0.1, 0.15) is 50.5 Å². The number of alkyl halides is 3. The van der Waals surface area contributed by atoms with Crippen molar-refractivity contribution in [2.24, 2.45) is 11.8 Å². The van der Waals surface area contributed by atoms with Crippen LogP contribution in [-0.2, 0) is 12.8 Å². The number of benzene rings is 1. The van der Waals surface area contributed by atoms with Crippen LogP contribution >= 0.6 is 0 Å². The lowest BCUT2D eigenvalue weighted by Gasteiger charge is -2.20. The first-order valence-corrected chi connectivity index (χ1v) is 6.97. The Morgan fingerprint density at radius 1 is 1.00 bits per heavy atom. The normalized spacial score (nSPS) is 14.1. The van der Waals surface area contributed by atoms with Gasteiger partial charge in [-0.1, -0.05) is 45.9 Å². The van der Waals surface area contributed by atoms with Crippen LogP contribution in [0.2, 0.25) is 0 Å². The molecule has 1 atom stereocenters. The summed E-state index contributed by atoms with van der Waals surface area (Å²) in [5.41, 5.74) is 1.42. The second-order valence-electron chi connectivity index (χ2n) is 6.17. The lowest BCUT2D eigenvalue weighted by atomic mass is 9.91. The summed E-state index contributed by atoms with van der Waals surface area (Å²) in [5.74, 6) is 0.604. The highest BCUT2D eigenvalue weighted by molar-refractivity contribution is 5.35. The average Bonchev–Trinajstić information content (AvgIpc) is 2.27. The standard InChI is InChI=1S/C16H23F3O/c1-10(2)7-12-5-6-13(8-11(3)4)14(9-12)15(20)16(17,18)19/h5-6,9-11,15,20H,7-8H2,1-4H3. The van der Waals surface area contributed by atoms with E-state index in [2.05, 4.69) is 0 Å².